The van der Waals surface area contributed by atoms with E-state index < -0.39 is 0 Å². The van der Waals surface area contributed by atoms with Crippen molar-refractivity contribution in [2.24, 2.45) is 5.73 Å². The lowest BCUT2D eigenvalue weighted by Crippen LogP contribution is -2.18. The molecular formula is C13H14N4OS. The van der Waals surface area contributed by atoms with Crippen LogP contribution in [-0.4, -0.2) is 16.4 Å². The second-order valence-electron chi connectivity index (χ2n) is 3.45. The summed E-state index contributed by atoms with van der Waals surface area (Å²) in [7, 11) is 0. The van der Waals surface area contributed by atoms with Crippen LogP contribution in [0.15, 0.2) is 48.7 Å². The highest BCUT2D eigenvalue weighted by atomic mass is 32.1. The maximum absolute atomic E-state index is 10.1. The van der Waals surface area contributed by atoms with Crippen LogP contribution in [0.4, 0.5) is 11.4 Å². The Kier molecular flexibility index (Phi) is 5.97. The van der Waals surface area contributed by atoms with Gasteiger partial charge < -0.3 is 16.8 Å². The molecular weight excluding hydrogens is 260 g/mol. The molecule has 0 atom stereocenters. The van der Waals surface area contributed by atoms with Gasteiger partial charge in [-0.05, 0) is 36.5 Å². The standard InChI is InChI=1S/C7H8N2S.C6H6N2O/c8-7(10)9-6-4-2-1-3-5-6;7-5-2-1-3-8-6(5)4-9/h1-5H,(H3,8,9,10);1-4H,7H2. The van der Waals surface area contributed by atoms with Crippen molar-refractivity contribution in [1.29, 1.82) is 0 Å². The van der Waals surface area contributed by atoms with Gasteiger partial charge in [0.1, 0.15) is 5.69 Å². The molecule has 0 spiro atoms. The van der Waals surface area contributed by atoms with Crippen molar-refractivity contribution in [2.75, 3.05) is 11.1 Å². The molecule has 6 heteroatoms. The summed E-state index contributed by atoms with van der Waals surface area (Å²) in [6, 6.07) is 12.9. The van der Waals surface area contributed by atoms with Gasteiger partial charge in [0.2, 0.25) is 0 Å². The van der Waals surface area contributed by atoms with Crippen LogP contribution in [0.25, 0.3) is 0 Å². The molecule has 0 unspecified atom stereocenters. The van der Waals surface area contributed by atoms with Crippen molar-refractivity contribution in [2.45, 2.75) is 0 Å². The first kappa shape index (κ1) is 14.6. The number of rotatable bonds is 2. The molecule has 1 heterocycles. The number of benzene rings is 1. The molecule has 0 aliphatic carbocycles. The van der Waals surface area contributed by atoms with E-state index >= 15 is 0 Å². The molecule has 0 aliphatic rings. The molecule has 0 saturated heterocycles. The molecule has 1 aromatic carbocycles. The minimum atomic E-state index is 0.297. The molecule has 0 amide bonds. The third-order valence-corrected chi connectivity index (χ3v) is 2.13. The number of nitrogen functional groups attached to an aromatic ring is 1. The van der Waals surface area contributed by atoms with Crippen LogP contribution < -0.4 is 16.8 Å². The van der Waals surface area contributed by atoms with E-state index in [9.17, 15) is 4.79 Å². The first-order chi connectivity index (χ1) is 9.13. The number of carbonyl (C=O) groups excluding carboxylic acids is 1. The smallest absolute Gasteiger partial charge is 0.170 e. The van der Waals surface area contributed by atoms with Gasteiger partial charge in [0.15, 0.2) is 11.4 Å². The summed E-state index contributed by atoms with van der Waals surface area (Å²) in [6.07, 6.45) is 2.16. The molecule has 98 valence electrons. The Labute approximate surface area is 116 Å². The van der Waals surface area contributed by atoms with Crippen LogP contribution in [0.2, 0.25) is 0 Å². The van der Waals surface area contributed by atoms with E-state index in [1.54, 1.807) is 12.1 Å². The zero-order valence-corrected chi connectivity index (χ0v) is 10.9. The van der Waals surface area contributed by atoms with Crippen LogP contribution in [0.5, 0.6) is 0 Å². The van der Waals surface area contributed by atoms with E-state index in [0.717, 1.165) is 5.69 Å². The Balaban J connectivity index is 0.000000191. The number of nitrogens with zero attached hydrogens (tertiary/aromatic N) is 1. The van der Waals surface area contributed by atoms with Gasteiger partial charge >= 0.3 is 0 Å². The summed E-state index contributed by atoms with van der Waals surface area (Å²) in [5.41, 5.74) is 12.2. The van der Waals surface area contributed by atoms with Crippen LogP contribution in [-0.2, 0) is 0 Å². The number of aromatic nitrogens is 1. The van der Waals surface area contributed by atoms with Crippen molar-refractivity contribution in [1.82, 2.24) is 4.98 Å². The number of para-hydroxylation sites is 1. The zero-order chi connectivity index (χ0) is 14.1. The molecule has 0 bridgehead atoms. The van der Waals surface area contributed by atoms with Crippen molar-refractivity contribution < 1.29 is 4.79 Å². The predicted molar refractivity (Wildman–Crippen MR) is 80.9 cm³/mol. The van der Waals surface area contributed by atoms with Crippen LogP contribution in [0, 0.1) is 0 Å². The lowest BCUT2D eigenvalue weighted by atomic mass is 10.3. The van der Waals surface area contributed by atoms with Crippen LogP contribution in [0.3, 0.4) is 0 Å². The number of nitrogens with one attached hydrogen (secondary N) is 1. The van der Waals surface area contributed by atoms with Gasteiger partial charge in [-0.25, -0.2) is 0 Å². The number of hydrogen-bond donors (Lipinski definition) is 3. The molecule has 0 radical (unpaired) electrons. The van der Waals surface area contributed by atoms with E-state index in [0.29, 0.717) is 22.8 Å². The quantitative estimate of drug-likeness (QED) is 0.571. The lowest BCUT2D eigenvalue weighted by molar-refractivity contribution is 0.112. The minimum absolute atomic E-state index is 0.297. The van der Waals surface area contributed by atoms with Gasteiger partial charge in [-0.2, -0.15) is 0 Å². The summed E-state index contributed by atoms with van der Waals surface area (Å²) in [5.74, 6) is 0. The number of nitrogens with two attached hydrogens (primary N) is 2. The molecule has 5 nitrogen and oxygen atoms in total. The number of aldehydes is 1. The normalized spacial score (nSPS) is 8.84. The number of carbonyl (C=O) groups is 1. The molecule has 0 fully saturated rings. The highest BCUT2D eigenvalue weighted by Crippen LogP contribution is 2.03. The Bertz CT molecular complexity index is 545. The van der Waals surface area contributed by atoms with E-state index in [4.69, 9.17) is 11.5 Å². The third kappa shape index (κ3) is 5.60. The highest BCUT2D eigenvalue weighted by Gasteiger charge is 1.93. The Morgan fingerprint density at radius 1 is 1.21 bits per heavy atom. The molecule has 0 saturated carbocycles. The number of pyridine rings is 1. The topological polar surface area (TPSA) is 94.0 Å². The first-order valence-corrected chi connectivity index (χ1v) is 5.81. The largest absolute Gasteiger partial charge is 0.397 e. The molecule has 2 aromatic rings. The fourth-order valence-electron chi connectivity index (χ4n) is 1.19. The fourth-order valence-corrected chi connectivity index (χ4v) is 1.31. The van der Waals surface area contributed by atoms with Crippen molar-refractivity contribution in [3.8, 4) is 0 Å². The molecule has 0 aliphatic heterocycles. The number of thiocarbonyl (C=S) groups is 1. The fraction of sp³-hybridized carbons (Fsp3) is 0. The predicted octanol–water partition coefficient (Wildman–Crippen LogP) is 1.82. The third-order valence-electron chi connectivity index (χ3n) is 2.02. The van der Waals surface area contributed by atoms with E-state index in [1.807, 2.05) is 30.3 Å². The zero-order valence-electron chi connectivity index (χ0n) is 10.1. The van der Waals surface area contributed by atoms with Gasteiger partial charge in [0, 0.05) is 11.9 Å². The number of hydrogen-bond acceptors (Lipinski definition) is 4. The average Bonchev–Trinajstić information content (AvgIpc) is 2.40. The van der Waals surface area contributed by atoms with Gasteiger partial charge in [-0.3, -0.25) is 9.78 Å². The maximum Gasteiger partial charge on any atom is 0.170 e. The van der Waals surface area contributed by atoms with E-state index in [2.05, 4.69) is 22.5 Å². The Hall–Kier alpha value is -2.47. The van der Waals surface area contributed by atoms with E-state index in [-0.39, 0.29) is 0 Å². The number of anilines is 2. The average molecular weight is 274 g/mol. The Morgan fingerprint density at radius 2 is 1.89 bits per heavy atom. The lowest BCUT2D eigenvalue weighted by Gasteiger charge is -2.00. The first-order valence-electron chi connectivity index (χ1n) is 5.40. The second kappa shape index (κ2) is 7.78. The molecule has 5 N–H and O–H groups in total. The van der Waals surface area contributed by atoms with Crippen molar-refractivity contribution in [3.63, 3.8) is 0 Å². The van der Waals surface area contributed by atoms with Crippen molar-refractivity contribution in [3.05, 3.63) is 54.4 Å². The van der Waals surface area contributed by atoms with Crippen LogP contribution >= 0.6 is 12.2 Å². The second-order valence-corrected chi connectivity index (χ2v) is 3.89. The van der Waals surface area contributed by atoms with Gasteiger partial charge in [-0.15, -0.1) is 0 Å². The van der Waals surface area contributed by atoms with Crippen LogP contribution in [0.1, 0.15) is 10.5 Å². The highest BCUT2D eigenvalue weighted by molar-refractivity contribution is 7.80. The SMILES string of the molecule is NC(=S)Nc1ccccc1.Nc1cccnc1C=O. The monoisotopic (exact) mass is 274 g/mol. The van der Waals surface area contributed by atoms with Gasteiger partial charge in [-0.1, -0.05) is 18.2 Å². The van der Waals surface area contributed by atoms with Gasteiger partial charge in [0.05, 0.1) is 5.69 Å². The maximum atomic E-state index is 10.1. The summed E-state index contributed by atoms with van der Waals surface area (Å²) in [4.78, 5) is 13.8. The Morgan fingerprint density at radius 3 is 2.37 bits per heavy atom. The minimum Gasteiger partial charge on any atom is -0.397 e. The molecule has 19 heavy (non-hydrogen) atoms. The summed E-state index contributed by atoms with van der Waals surface area (Å²) >= 11 is 4.64. The van der Waals surface area contributed by atoms with E-state index in [1.165, 1.54) is 6.20 Å². The molecule has 2 rings (SSSR count). The molecule has 1 aromatic heterocycles. The van der Waals surface area contributed by atoms with Gasteiger partial charge in [0.25, 0.3) is 0 Å². The summed E-state index contributed by atoms with van der Waals surface area (Å²) < 4.78 is 0. The summed E-state index contributed by atoms with van der Waals surface area (Å²) in [6.45, 7) is 0. The summed E-state index contributed by atoms with van der Waals surface area (Å²) in [5, 5.41) is 3.11. The van der Waals surface area contributed by atoms with Crippen molar-refractivity contribution >= 4 is 35.0 Å².